The van der Waals surface area contributed by atoms with E-state index in [0.717, 1.165) is 35.6 Å². The molecule has 36 heavy (non-hydrogen) atoms. The summed E-state index contributed by atoms with van der Waals surface area (Å²) < 4.78 is 26.5. The Labute approximate surface area is 212 Å². The predicted octanol–water partition coefficient (Wildman–Crippen LogP) is 3.48. The molecule has 3 amide bonds. The van der Waals surface area contributed by atoms with Gasteiger partial charge in [0.15, 0.2) is 0 Å². The van der Waals surface area contributed by atoms with Gasteiger partial charge in [-0.05, 0) is 43.4 Å². The van der Waals surface area contributed by atoms with Crippen LogP contribution in [-0.4, -0.2) is 54.0 Å². The Kier molecular flexibility index (Phi) is 8.08. The Morgan fingerprint density at radius 2 is 1.72 bits per heavy atom. The number of amides is 3. The first-order valence-electron chi connectivity index (χ1n) is 12.6. The van der Waals surface area contributed by atoms with Crippen LogP contribution < -0.4 is 5.32 Å². The SMILES string of the molecule is CC[C@H](C(=O)NC1CCCC1)N(Cc1ccccc1)C(=O)CCCN1C(=O)c2ccccc2S1(=O)=O. The molecule has 1 fully saturated rings. The van der Waals surface area contributed by atoms with Crippen molar-refractivity contribution in [2.45, 2.75) is 75.4 Å². The molecule has 1 atom stereocenters. The average Bonchev–Trinajstić information content (AvgIpc) is 3.45. The molecule has 2 aromatic carbocycles. The summed E-state index contributed by atoms with van der Waals surface area (Å²) in [7, 11) is -3.92. The molecule has 0 spiro atoms. The maximum Gasteiger partial charge on any atom is 0.269 e. The van der Waals surface area contributed by atoms with E-state index in [9.17, 15) is 22.8 Å². The molecule has 1 aliphatic heterocycles. The van der Waals surface area contributed by atoms with Crippen molar-refractivity contribution < 1.29 is 22.8 Å². The highest BCUT2D eigenvalue weighted by molar-refractivity contribution is 7.90. The minimum atomic E-state index is -3.92. The Bertz CT molecular complexity index is 1210. The Hall–Kier alpha value is -3.20. The molecule has 0 bridgehead atoms. The zero-order valence-electron chi connectivity index (χ0n) is 20.6. The van der Waals surface area contributed by atoms with E-state index in [1.54, 1.807) is 17.0 Å². The fourth-order valence-electron chi connectivity index (χ4n) is 5.04. The van der Waals surface area contributed by atoms with Gasteiger partial charge in [0.05, 0.1) is 5.56 Å². The van der Waals surface area contributed by atoms with Gasteiger partial charge < -0.3 is 10.2 Å². The second-order valence-corrected chi connectivity index (χ2v) is 11.2. The van der Waals surface area contributed by atoms with Gasteiger partial charge in [-0.1, -0.05) is 62.2 Å². The molecule has 9 heteroatoms. The highest BCUT2D eigenvalue weighted by Crippen LogP contribution is 2.30. The van der Waals surface area contributed by atoms with Gasteiger partial charge in [0, 0.05) is 25.6 Å². The van der Waals surface area contributed by atoms with Gasteiger partial charge in [0.2, 0.25) is 11.8 Å². The first-order chi connectivity index (χ1) is 17.3. The van der Waals surface area contributed by atoms with Crippen molar-refractivity contribution in [2.24, 2.45) is 0 Å². The zero-order chi connectivity index (χ0) is 25.7. The van der Waals surface area contributed by atoms with Crippen molar-refractivity contribution in [1.29, 1.82) is 0 Å². The van der Waals surface area contributed by atoms with E-state index in [1.165, 1.54) is 12.1 Å². The van der Waals surface area contributed by atoms with E-state index >= 15 is 0 Å². The van der Waals surface area contributed by atoms with Crippen LogP contribution in [0.4, 0.5) is 0 Å². The monoisotopic (exact) mass is 511 g/mol. The van der Waals surface area contributed by atoms with Gasteiger partial charge in [-0.3, -0.25) is 14.4 Å². The summed E-state index contributed by atoms with van der Waals surface area (Å²) in [5, 5.41) is 3.11. The van der Waals surface area contributed by atoms with Gasteiger partial charge in [0.25, 0.3) is 15.9 Å². The molecule has 2 aliphatic rings. The van der Waals surface area contributed by atoms with E-state index in [0.29, 0.717) is 6.42 Å². The van der Waals surface area contributed by atoms with E-state index in [1.807, 2.05) is 37.3 Å². The lowest BCUT2D eigenvalue weighted by atomic mass is 10.1. The number of nitrogens with one attached hydrogen (secondary N) is 1. The molecule has 2 aromatic rings. The van der Waals surface area contributed by atoms with E-state index < -0.39 is 22.0 Å². The molecule has 0 saturated heterocycles. The molecule has 0 unspecified atom stereocenters. The number of fused-ring (bicyclic) bond motifs is 1. The molecule has 0 aromatic heterocycles. The van der Waals surface area contributed by atoms with Gasteiger partial charge >= 0.3 is 0 Å². The van der Waals surface area contributed by atoms with Crippen molar-refractivity contribution >= 4 is 27.7 Å². The number of carbonyl (C=O) groups excluding carboxylic acids is 3. The van der Waals surface area contributed by atoms with Crippen LogP contribution >= 0.6 is 0 Å². The smallest absolute Gasteiger partial charge is 0.269 e. The van der Waals surface area contributed by atoms with Crippen LogP contribution in [0.25, 0.3) is 0 Å². The van der Waals surface area contributed by atoms with Crippen molar-refractivity contribution in [3.63, 3.8) is 0 Å². The third-order valence-electron chi connectivity index (χ3n) is 6.95. The molecule has 4 rings (SSSR count). The number of benzene rings is 2. The van der Waals surface area contributed by atoms with E-state index in [-0.39, 0.29) is 54.2 Å². The standard InChI is InChI=1S/C27H33N3O5S/c1-2-23(26(32)28-21-13-6-7-14-21)29(19-20-11-4-3-5-12-20)25(31)17-10-18-30-27(33)22-15-8-9-16-24(22)36(30,34)35/h3-5,8-9,11-12,15-16,21,23H,2,6-7,10,13-14,17-19H2,1H3,(H,28,32)/t23-/m1/s1. The Morgan fingerprint density at radius 1 is 1.06 bits per heavy atom. The lowest BCUT2D eigenvalue weighted by Crippen LogP contribution is -2.51. The molecule has 1 N–H and O–H groups in total. The third-order valence-corrected chi connectivity index (χ3v) is 8.79. The quantitative estimate of drug-likeness (QED) is 0.526. The van der Waals surface area contributed by atoms with Gasteiger partial charge in [-0.2, -0.15) is 0 Å². The van der Waals surface area contributed by atoms with Crippen molar-refractivity contribution in [1.82, 2.24) is 14.5 Å². The topological polar surface area (TPSA) is 104 Å². The second kappa shape index (κ2) is 11.2. The minimum Gasteiger partial charge on any atom is -0.352 e. The lowest BCUT2D eigenvalue weighted by Gasteiger charge is -2.31. The molecule has 1 aliphatic carbocycles. The fourth-order valence-corrected chi connectivity index (χ4v) is 6.64. The van der Waals surface area contributed by atoms with E-state index in [4.69, 9.17) is 0 Å². The normalized spacial score (nSPS) is 17.6. The number of hydrogen-bond acceptors (Lipinski definition) is 5. The van der Waals surface area contributed by atoms with Crippen molar-refractivity contribution in [3.8, 4) is 0 Å². The first-order valence-corrected chi connectivity index (χ1v) is 14.1. The number of nitrogens with zero attached hydrogens (tertiary/aromatic N) is 2. The number of hydrogen-bond donors (Lipinski definition) is 1. The highest BCUT2D eigenvalue weighted by Gasteiger charge is 2.40. The molecule has 0 radical (unpaired) electrons. The molecular formula is C27H33N3O5S. The Morgan fingerprint density at radius 3 is 2.39 bits per heavy atom. The van der Waals surface area contributed by atoms with Crippen LogP contribution in [-0.2, 0) is 26.2 Å². The van der Waals surface area contributed by atoms with Crippen LogP contribution in [0, 0.1) is 0 Å². The summed E-state index contributed by atoms with van der Waals surface area (Å²) in [5.41, 5.74) is 1.06. The predicted molar refractivity (Wildman–Crippen MR) is 135 cm³/mol. The van der Waals surface area contributed by atoms with Crippen LogP contribution in [0.1, 0.15) is 67.8 Å². The van der Waals surface area contributed by atoms with Gasteiger partial charge in [-0.15, -0.1) is 0 Å². The van der Waals surface area contributed by atoms with Crippen molar-refractivity contribution in [3.05, 3.63) is 65.7 Å². The Balaban J connectivity index is 1.45. The summed E-state index contributed by atoms with van der Waals surface area (Å²) in [6, 6.07) is 15.1. The van der Waals surface area contributed by atoms with Crippen LogP contribution in [0.2, 0.25) is 0 Å². The number of carbonyl (C=O) groups is 3. The van der Waals surface area contributed by atoms with Crippen LogP contribution in [0.3, 0.4) is 0 Å². The first kappa shape index (κ1) is 25.9. The summed E-state index contributed by atoms with van der Waals surface area (Å²) in [5.74, 6) is -0.961. The zero-order valence-corrected chi connectivity index (χ0v) is 21.4. The summed E-state index contributed by atoms with van der Waals surface area (Å²) in [6.45, 7) is 2.07. The van der Waals surface area contributed by atoms with Gasteiger partial charge in [-0.25, -0.2) is 12.7 Å². The summed E-state index contributed by atoms with van der Waals surface area (Å²) >= 11 is 0. The average molecular weight is 512 g/mol. The van der Waals surface area contributed by atoms with Crippen LogP contribution in [0.15, 0.2) is 59.5 Å². The number of sulfonamides is 1. The summed E-state index contributed by atoms with van der Waals surface area (Å²) in [6.07, 6.45) is 4.75. The highest BCUT2D eigenvalue weighted by atomic mass is 32.2. The summed E-state index contributed by atoms with van der Waals surface area (Å²) in [4.78, 5) is 40.8. The largest absolute Gasteiger partial charge is 0.352 e. The fraction of sp³-hybridized carbons (Fsp3) is 0.444. The maximum atomic E-state index is 13.4. The molecule has 192 valence electrons. The minimum absolute atomic E-state index is 0.00154. The second-order valence-electron chi connectivity index (χ2n) is 9.40. The molecular weight excluding hydrogens is 478 g/mol. The molecule has 1 saturated carbocycles. The maximum absolute atomic E-state index is 13.4. The molecule has 1 heterocycles. The van der Waals surface area contributed by atoms with Gasteiger partial charge in [0.1, 0.15) is 10.9 Å². The molecule has 8 nitrogen and oxygen atoms in total. The lowest BCUT2D eigenvalue weighted by molar-refractivity contribution is -0.141. The van der Waals surface area contributed by atoms with E-state index in [2.05, 4.69) is 5.32 Å². The van der Waals surface area contributed by atoms with Crippen molar-refractivity contribution in [2.75, 3.05) is 6.54 Å². The third kappa shape index (κ3) is 5.46. The van der Waals surface area contributed by atoms with Crippen LogP contribution in [0.5, 0.6) is 0 Å². The number of rotatable bonds is 10.